The molecule has 0 bridgehead atoms. The third-order valence-corrected chi connectivity index (χ3v) is 4.60. The summed E-state index contributed by atoms with van der Waals surface area (Å²) in [6, 6.07) is 11.1. The zero-order valence-electron chi connectivity index (χ0n) is 12.8. The monoisotopic (exact) mass is 262 g/mol. The summed E-state index contributed by atoms with van der Waals surface area (Å²) >= 11 is 0. The molecule has 1 aromatic carbocycles. The minimum absolute atomic E-state index is 0.337. The van der Waals surface area contributed by atoms with Crippen LogP contribution in [0.2, 0.25) is 0 Å². The minimum Gasteiger partial charge on any atom is -0.390 e. The average Bonchev–Trinajstić information content (AvgIpc) is 2.31. The number of nitrogens with zero attached hydrogens (tertiary/aromatic N) is 1. The van der Waals surface area contributed by atoms with Crippen molar-refractivity contribution < 1.29 is 9.59 Å². The quantitative estimate of drug-likeness (QED) is 0.828. The van der Waals surface area contributed by atoms with Gasteiger partial charge in [0.25, 0.3) is 0 Å². The molecule has 106 valence electrons. The van der Waals surface area contributed by atoms with E-state index in [-0.39, 0.29) is 0 Å². The van der Waals surface area contributed by atoms with Crippen LogP contribution in [0.4, 0.5) is 0 Å². The van der Waals surface area contributed by atoms with E-state index in [4.69, 9.17) is 0 Å². The predicted molar refractivity (Wildman–Crippen MR) is 79.8 cm³/mol. The van der Waals surface area contributed by atoms with Gasteiger partial charge in [-0.05, 0) is 19.8 Å². The Morgan fingerprint density at radius 1 is 1.16 bits per heavy atom. The summed E-state index contributed by atoms with van der Waals surface area (Å²) in [5, 5.41) is 10.8. The van der Waals surface area contributed by atoms with E-state index < -0.39 is 5.60 Å². The van der Waals surface area contributed by atoms with E-state index in [1.54, 1.807) is 0 Å². The van der Waals surface area contributed by atoms with Gasteiger partial charge in [0.15, 0.2) is 0 Å². The molecule has 0 saturated heterocycles. The SMILES string of the molecule is C[C@@]1(O)CCCC[C@H]1[C@H](c1ccccc1)[N+](C)(C)C. The lowest BCUT2D eigenvalue weighted by atomic mass is 9.70. The normalized spacial score (nSPS) is 30.1. The third-order valence-electron chi connectivity index (χ3n) is 4.60. The Morgan fingerprint density at radius 2 is 1.79 bits per heavy atom. The molecule has 1 N–H and O–H groups in total. The van der Waals surface area contributed by atoms with Crippen molar-refractivity contribution in [1.82, 2.24) is 0 Å². The molecule has 2 heteroatoms. The highest BCUT2D eigenvalue weighted by molar-refractivity contribution is 5.19. The molecule has 1 aliphatic carbocycles. The maximum Gasteiger partial charge on any atom is 0.120 e. The second-order valence-electron chi connectivity index (χ2n) is 7.18. The number of hydrogen-bond donors (Lipinski definition) is 1. The van der Waals surface area contributed by atoms with Crippen LogP contribution in [0, 0.1) is 5.92 Å². The molecule has 0 spiro atoms. The molecule has 1 aliphatic rings. The summed E-state index contributed by atoms with van der Waals surface area (Å²) < 4.78 is 0.866. The second kappa shape index (κ2) is 5.26. The van der Waals surface area contributed by atoms with Gasteiger partial charge in [0, 0.05) is 11.5 Å². The summed E-state index contributed by atoms with van der Waals surface area (Å²) in [4.78, 5) is 0. The Balaban J connectivity index is 2.39. The third kappa shape index (κ3) is 3.18. The van der Waals surface area contributed by atoms with Gasteiger partial charge in [-0.1, -0.05) is 43.2 Å². The number of benzene rings is 1. The number of aliphatic hydroxyl groups is 1. The van der Waals surface area contributed by atoms with Gasteiger partial charge in [0.1, 0.15) is 6.04 Å². The predicted octanol–water partition coefficient (Wildman–Crippen LogP) is 3.38. The summed E-state index contributed by atoms with van der Waals surface area (Å²) in [5.74, 6) is 0.337. The van der Waals surface area contributed by atoms with Crippen molar-refractivity contribution >= 4 is 0 Å². The van der Waals surface area contributed by atoms with Crippen LogP contribution in [0.1, 0.15) is 44.2 Å². The number of rotatable bonds is 3. The number of quaternary nitrogens is 1. The fraction of sp³-hybridized carbons (Fsp3) is 0.647. The van der Waals surface area contributed by atoms with Crippen molar-refractivity contribution in [2.24, 2.45) is 5.92 Å². The van der Waals surface area contributed by atoms with Crippen LogP contribution >= 0.6 is 0 Å². The first-order chi connectivity index (χ1) is 8.82. The van der Waals surface area contributed by atoms with Crippen molar-refractivity contribution in [3.8, 4) is 0 Å². The second-order valence-corrected chi connectivity index (χ2v) is 7.18. The van der Waals surface area contributed by atoms with Crippen LogP contribution in [0.25, 0.3) is 0 Å². The minimum atomic E-state index is -0.537. The molecule has 2 nitrogen and oxygen atoms in total. The molecule has 0 unspecified atom stereocenters. The molecule has 3 atom stereocenters. The van der Waals surface area contributed by atoms with Gasteiger partial charge < -0.3 is 9.59 Å². The lowest BCUT2D eigenvalue weighted by Gasteiger charge is -2.47. The molecular formula is C17H28NO+. The molecule has 0 amide bonds. The van der Waals surface area contributed by atoms with Gasteiger partial charge in [0.05, 0.1) is 26.7 Å². The van der Waals surface area contributed by atoms with E-state index in [1.165, 1.54) is 12.0 Å². The van der Waals surface area contributed by atoms with Gasteiger partial charge in [0.2, 0.25) is 0 Å². The highest BCUT2D eigenvalue weighted by atomic mass is 16.3. The molecule has 1 aromatic rings. The lowest BCUT2D eigenvalue weighted by molar-refractivity contribution is -0.908. The zero-order valence-corrected chi connectivity index (χ0v) is 12.8. The van der Waals surface area contributed by atoms with Gasteiger partial charge in [-0.25, -0.2) is 0 Å². The van der Waals surface area contributed by atoms with Crippen LogP contribution in [0.15, 0.2) is 30.3 Å². The smallest absolute Gasteiger partial charge is 0.120 e. The molecular weight excluding hydrogens is 234 g/mol. The van der Waals surface area contributed by atoms with E-state index in [2.05, 4.69) is 51.5 Å². The van der Waals surface area contributed by atoms with Crippen LogP contribution in [0.5, 0.6) is 0 Å². The van der Waals surface area contributed by atoms with Crippen molar-refractivity contribution in [3.63, 3.8) is 0 Å². The molecule has 1 fully saturated rings. The van der Waals surface area contributed by atoms with Crippen molar-refractivity contribution in [3.05, 3.63) is 35.9 Å². The fourth-order valence-corrected chi connectivity index (χ4v) is 3.71. The molecule has 2 rings (SSSR count). The van der Waals surface area contributed by atoms with Gasteiger partial charge in [-0.2, -0.15) is 0 Å². The molecule has 0 aliphatic heterocycles. The van der Waals surface area contributed by atoms with Crippen molar-refractivity contribution in [2.45, 2.75) is 44.2 Å². The molecule has 0 radical (unpaired) electrons. The van der Waals surface area contributed by atoms with E-state index in [9.17, 15) is 5.11 Å². The zero-order chi connectivity index (χ0) is 14.1. The highest BCUT2D eigenvalue weighted by Crippen LogP contribution is 2.45. The first-order valence-corrected chi connectivity index (χ1v) is 7.41. The standard InChI is InChI=1S/C17H28NO/c1-17(19)13-9-8-12-15(17)16(18(2,3)4)14-10-6-5-7-11-14/h5-7,10-11,15-16,19H,8-9,12-13H2,1-4H3/q+1/t15-,16-,17+/m0/s1. The maximum absolute atomic E-state index is 10.8. The van der Waals surface area contributed by atoms with Crippen molar-refractivity contribution in [1.29, 1.82) is 0 Å². The topological polar surface area (TPSA) is 20.2 Å². The van der Waals surface area contributed by atoms with Crippen molar-refractivity contribution in [2.75, 3.05) is 21.1 Å². The first-order valence-electron chi connectivity index (χ1n) is 7.41. The van der Waals surface area contributed by atoms with Gasteiger partial charge in [-0.3, -0.25) is 0 Å². The van der Waals surface area contributed by atoms with Crippen LogP contribution in [0.3, 0.4) is 0 Å². The fourth-order valence-electron chi connectivity index (χ4n) is 3.71. The Hall–Kier alpha value is -0.860. The van der Waals surface area contributed by atoms with E-state index >= 15 is 0 Å². The van der Waals surface area contributed by atoms with E-state index in [0.717, 1.165) is 23.7 Å². The summed E-state index contributed by atoms with van der Waals surface area (Å²) in [6.07, 6.45) is 4.45. The Labute approximate surface area is 117 Å². The molecule has 19 heavy (non-hydrogen) atoms. The first kappa shape index (κ1) is 14.5. The van der Waals surface area contributed by atoms with Gasteiger partial charge in [-0.15, -0.1) is 0 Å². The van der Waals surface area contributed by atoms with E-state index in [0.29, 0.717) is 12.0 Å². The Morgan fingerprint density at radius 3 is 2.32 bits per heavy atom. The van der Waals surface area contributed by atoms with Crippen LogP contribution in [-0.2, 0) is 0 Å². The Bertz CT molecular complexity index is 405. The maximum atomic E-state index is 10.8. The summed E-state index contributed by atoms with van der Waals surface area (Å²) in [7, 11) is 6.72. The lowest BCUT2D eigenvalue weighted by Crippen LogP contribution is -2.51. The molecule has 0 aromatic heterocycles. The van der Waals surface area contributed by atoms with E-state index in [1.807, 2.05) is 6.92 Å². The highest BCUT2D eigenvalue weighted by Gasteiger charge is 2.45. The summed E-state index contributed by atoms with van der Waals surface area (Å²) in [6.45, 7) is 2.03. The van der Waals surface area contributed by atoms with Gasteiger partial charge >= 0.3 is 0 Å². The van der Waals surface area contributed by atoms with Crippen LogP contribution in [-0.4, -0.2) is 36.3 Å². The number of hydrogen-bond acceptors (Lipinski definition) is 1. The Kier molecular flexibility index (Phi) is 4.03. The van der Waals surface area contributed by atoms with Crippen LogP contribution < -0.4 is 0 Å². The largest absolute Gasteiger partial charge is 0.390 e. The average molecular weight is 262 g/mol. The summed E-state index contributed by atoms with van der Waals surface area (Å²) in [5.41, 5.74) is 0.812. The molecule has 1 saturated carbocycles. The molecule has 0 heterocycles.